The number of nitrogens with zero attached hydrogens (tertiary/aromatic N) is 1. The van der Waals surface area contributed by atoms with Crippen LogP contribution in [-0.2, 0) is 11.8 Å². The van der Waals surface area contributed by atoms with Crippen LogP contribution in [0, 0.1) is 5.92 Å². The van der Waals surface area contributed by atoms with Crippen molar-refractivity contribution in [3.8, 4) is 11.5 Å². The van der Waals surface area contributed by atoms with Crippen molar-refractivity contribution >= 4 is 0 Å². The van der Waals surface area contributed by atoms with Crippen LogP contribution in [0.1, 0.15) is 43.2 Å². The Labute approximate surface area is 146 Å². The zero-order valence-corrected chi connectivity index (χ0v) is 14.2. The highest BCUT2D eigenvalue weighted by atomic mass is 19.1. The summed E-state index contributed by atoms with van der Waals surface area (Å²) in [5.41, 5.74) is 0.375. The Morgan fingerprint density at radius 1 is 1.24 bits per heavy atom. The van der Waals surface area contributed by atoms with Gasteiger partial charge in [0, 0.05) is 18.2 Å². The molecule has 1 saturated heterocycles. The number of piperidine rings is 1. The Kier molecular flexibility index (Phi) is 2.66. The molecular formula is C20H24FNO3. The quantitative estimate of drug-likeness (QED) is 0.864. The number of aromatic hydroxyl groups is 1. The van der Waals surface area contributed by atoms with E-state index in [1.807, 2.05) is 6.07 Å². The van der Waals surface area contributed by atoms with Crippen molar-refractivity contribution in [2.45, 2.75) is 67.9 Å². The number of hydrogen-bond acceptors (Lipinski definition) is 4. The molecular weight excluding hydrogens is 321 g/mol. The molecule has 1 aromatic carbocycles. The summed E-state index contributed by atoms with van der Waals surface area (Å²) in [6.45, 7) is 1.93. The highest BCUT2D eigenvalue weighted by molar-refractivity contribution is 5.62. The summed E-state index contributed by atoms with van der Waals surface area (Å²) >= 11 is 0. The van der Waals surface area contributed by atoms with Gasteiger partial charge in [0.05, 0.1) is 11.0 Å². The largest absolute Gasteiger partial charge is 0.504 e. The molecule has 2 heterocycles. The van der Waals surface area contributed by atoms with Gasteiger partial charge in [-0.05, 0) is 62.6 Å². The smallest absolute Gasteiger partial charge is 0.165 e. The summed E-state index contributed by atoms with van der Waals surface area (Å²) in [6.07, 6.45) is 3.11. The first-order valence-corrected chi connectivity index (χ1v) is 9.67. The molecule has 0 amide bonds. The van der Waals surface area contributed by atoms with Gasteiger partial charge in [-0.1, -0.05) is 6.07 Å². The normalized spacial score (nSPS) is 44.3. The van der Waals surface area contributed by atoms with Gasteiger partial charge < -0.3 is 14.9 Å². The van der Waals surface area contributed by atoms with Gasteiger partial charge in [-0.3, -0.25) is 4.90 Å². The van der Waals surface area contributed by atoms with Crippen LogP contribution in [0.5, 0.6) is 11.5 Å². The Bertz CT molecular complexity index is 766. The van der Waals surface area contributed by atoms with E-state index < -0.39 is 23.3 Å². The van der Waals surface area contributed by atoms with Gasteiger partial charge in [-0.2, -0.15) is 0 Å². The number of phenolic OH excluding ortho intramolecular Hbond substituents is 1. The molecule has 6 rings (SSSR count). The van der Waals surface area contributed by atoms with Crippen LogP contribution in [0.2, 0.25) is 0 Å². The third-order valence-electron chi connectivity index (χ3n) is 7.69. The second-order valence-electron chi connectivity index (χ2n) is 8.84. The second kappa shape index (κ2) is 4.49. The third kappa shape index (κ3) is 1.61. The molecule has 1 aromatic rings. The van der Waals surface area contributed by atoms with E-state index >= 15 is 0 Å². The SMILES string of the molecule is Oc1ccc2c3c1OC1C(F)CC[C@@]4(O)C(C2)N(CC2CC2)CC[C@]314. The highest BCUT2D eigenvalue weighted by Gasteiger charge is 2.73. The monoisotopic (exact) mass is 345 g/mol. The zero-order valence-electron chi connectivity index (χ0n) is 14.2. The number of ether oxygens (including phenoxy) is 1. The number of alkyl halides is 1. The van der Waals surface area contributed by atoms with Gasteiger partial charge >= 0.3 is 0 Å². The summed E-state index contributed by atoms with van der Waals surface area (Å²) in [6, 6.07) is 3.65. The minimum Gasteiger partial charge on any atom is -0.504 e. The molecule has 5 heteroatoms. The molecule has 4 nitrogen and oxygen atoms in total. The van der Waals surface area contributed by atoms with E-state index in [0.717, 1.165) is 36.6 Å². The molecule has 5 atom stereocenters. The number of benzene rings is 1. The van der Waals surface area contributed by atoms with Gasteiger partial charge in [0.25, 0.3) is 0 Å². The molecule has 5 aliphatic rings. The van der Waals surface area contributed by atoms with E-state index in [1.54, 1.807) is 6.07 Å². The summed E-state index contributed by atoms with van der Waals surface area (Å²) < 4.78 is 20.9. The van der Waals surface area contributed by atoms with Gasteiger partial charge in [0.2, 0.25) is 0 Å². The lowest BCUT2D eigenvalue weighted by molar-refractivity contribution is -0.199. The van der Waals surface area contributed by atoms with Gasteiger partial charge in [0.1, 0.15) is 12.3 Å². The van der Waals surface area contributed by atoms with Crippen LogP contribution >= 0.6 is 0 Å². The Hall–Kier alpha value is -1.33. The summed E-state index contributed by atoms with van der Waals surface area (Å²) in [5.74, 6) is 1.28. The topological polar surface area (TPSA) is 52.9 Å². The molecule has 3 fully saturated rings. The van der Waals surface area contributed by atoms with Crippen LogP contribution < -0.4 is 4.74 Å². The van der Waals surface area contributed by atoms with Crippen LogP contribution in [0.4, 0.5) is 4.39 Å². The minimum absolute atomic E-state index is 0.0310. The number of phenols is 1. The molecule has 3 unspecified atom stereocenters. The molecule has 1 spiro atoms. The Morgan fingerprint density at radius 3 is 2.88 bits per heavy atom. The lowest BCUT2D eigenvalue weighted by atomic mass is 9.49. The van der Waals surface area contributed by atoms with Gasteiger partial charge in [-0.15, -0.1) is 0 Å². The predicted octanol–water partition coefficient (Wildman–Crippen LogP) is 2.29. The van der Waals surface area contributed by atoms with E-state index in [1.165, 1.54) is 12.8 Å². The van der Waals surface area contributed by atoms with Crippen molar-refractivity contribution in [2.24, 2.45) is 5.92 Å². The van der Waals surface area contributed by atoms with Gasteiger partial charge in [0.15, 0.2) is 11.5 Å². The van der Waals surface area contributed by atoms with Crippen LogP contribution in [0.3, 0.4) is 0 Å². The maximum absolute atomic E-state index is 14.9. The maximum atomic E-state index is 14.9. The van der Waals surface area contributed by atoms with Crippen LogP contribution in [0.15, 0.2) is 12.1 Å². The fourth-order valence-corrected chi connectivity index (χ4v) is 6.42. The second-order valence-corrected chi connectivity index (χ2v) is 8.84. The molecule has 134 valence electrons. The number of rotatable bonds is 2. The molecule has 2 N–H and O–H groups in total. The zero-order chi connectivity index (χ0) is 17.0. The van der Waals surface area contributed by atoms with Crippen LogP contribution in [0.25, 0.3) is 0 Å². The van der Waals surface area contributed by atoms with Crippen molar-refractivity contribution < 1.29 is 19.3 Å². The lowest BCUT2D eigenvalue weighted by Crippen LogP contribution is -2.76. The predicted molar refractivity (Wildman–Crippen MR) is 89.7 cm³/mol. The van der Waals surface area contributed by atoms with Crippen molar-refractivity contribution in [3.05, 3.63) is 23.3 Å². The molecule has 0 aromatic heterocycles. The maximum Gasteiger partial charge on any atom is 0.165 e. The molecule has 2 aliphatic heterocycles. The summed E-state index contributed by atoms with van der Waals surface area (Å²) in [4.78, 5) is 2.46. The lowest BCUT2D eigenvalue weighted by Gasteiger charge is -2.63. The number of likely N-dealkylation sites (tertiary alicyclic amines) is 1. The standard InChI is InChI=1S/C20H24FNO3/c21-13-5-6-20(24)15-9-12-3-4-14(23)17-16(12)19(20,18(13)25-17)7-8-22(15)10-11-1-2-11/h3-4,11,13,15,18,23-24H,1-2,5-10H2/t13?,15?,18?,19-,20+/m0/s1. The fraction of sp³-hybridized carbons (Fsp3) is 0.700. The van der Waals surface area contributed by atoms with E-state index in [0.29, 0.717) is 25.0 Å². The molecule has 0 radical (unpaired) electrons. The first-order chi connectivity index (χ1) is 12.0. The number of hydrogen-bond donors (Lipinski definition) is 2. The van der Waals surface area contributed by atoms with E-state index in [9.17, 15) is 14.6 Å². The first-order valence-electron chi connectivity index (χ1n) is 9.67. The van der Waals surface area contributed by atoms with E-state index in [4.69, 9.17) is 4.74 Å². The van der Waals surface area contributed by atoms with E-state index in [-0.39, 0.29) is 11.8 Å². The Morgan fingerprint density at radius 2 is 2.08 bits per heavy atom. The van der Waals surface area contributed by atoms with Crippen molar-refractivity contribution in [2.75, 3.05) is 13.1 Å². The van der Waals surface area contributed by atoms with Gasteiger partial charge in [-0.25, -0.2) is 4.39 Å². The summed E-state index contributed by atoms with van der Waals surface area (Å²) in [7, 11) is 0. The number of aliphatic hydroxyl groups is 1. The average Bonchev–Trinajstić information content (AvgIpc) is 3.32. The minimum atomic E-state index is -1.09. The van der Waals surface area contributed by atoms with Crippen molar-refractivity contribution in [3.63, 3.8) is 0 Å². The van der Waals surface area contributed by atoms with E-state index in [2.05, 4.69) is 4.90 Å². The average molecular weight is 345 g/mol. The molecule has 3 aliphatic carbocycles. The Balaban J connectivity index is 1.57. The van der Waals surface area contributed by atoms with Crippen LogP contribution in [-0.4, -0.2) is 52.1 Å². The fourth-order valence-electron chi connectivity index (χ4n) is 6.42. The number of halogens is 1. The highest BCUT2D eigenvalue weighted by Crippen LogP contribution is 2.65. The third-order valence-corrected chi connectivity index (χ3v) is 7.69. The molecule has 2 bridgehead atoms. The van der Waals surface area contributed by atoms with Crippen molar-refractivity contribution in [1.82, 2.24) is 4.90 Å². The summed E-state index contributed by atoms with van der Waals surface area (Å²) in [5, 5.41) is 22.3. The first kappa shape index (κ1) is 14.8. The molecule has 2 saturated carbocycles. The molecule has 25 heavy (non-hydrogen) atoms. The van der Waals surface area contributed by atoms with Crippen molar-refractivity contribution in [1.29, 1.82) is 0 Å².